The van der Waals surface area contributed by atoms with Gasteiger partial charge in [-0.1, -0.05) is 44.4 Å². The largest absolute Gasteiger partial charge is 0.369 e. The fourth-order valence-electron chi connectivity index (χ4n) is 2.84. The molecule has 0 saturated carbocycles. The summed E-state index contributed by atoms with van der Waals surface area (Å²) in [5.41, 5.74) is 8.62. The van der Waals surface area contributed by atoms with Crippen LogP contribution in [0.3, 0.4) is 0 Å². The highest BCUT2D eigenvalue weighted by Gasteiger charge is 2.38. The van der Waals surface area contributed by atoms with Crippen molar-refractivity contribution < 1.29 is 0 Å². The predicted molar refractivity (Wildman–Crippen MR) is 82.7 cm³/mol. The van der Waals surface area contributed by atoms with E-state index in [1.807, 2.05) is 0 Å². The Balaban J connectivity index is 2.24. The van der Waals surface area contributed by atoms with Crippen molar-refractivity contribution in [3.63, 3.8) is 0 Å². The van der Waals surface area contributed by atoms with Gasteiger partial charge in [0.25, 0.3) is 0 Å². The smallest absolute Gasteiger partial charge is 0.196 e. The number of guanidine groups is 1. The van der Waals surface area contributed by atoms with Gasteiger partial charge in [-0.2, -0.15) is 0 Å². The average molecular weight is 259 g/mol. The number of hydrogen-bond donors (Lipinski definition) is 1. The number of unbranched alkanes of at least 4 members (excludes halogenated alkanes) is 2. The van der Waals surface area contributed by atoms with Crippen LogP contribution in [0.5, 0.6) is 0 Å². The van der Waals surface area contributed by atoms with Crippen molar-refractivity contribution in [2.24, 2.45) is 10.7 Å². The van der Waals surface area contributed by atoms with Crippen molar-refractivity contribution >= 4 is 11.6 Å². The molecule has 3 nitrogen and oxygen atoms in total. The van der Waals surface area contributed by atoms with E-state index >= 15 is 0 Å². The number of para-hydroxylation sites is 1. The van der Waals surface area contributed by atoms with Crippen LogP contribution < -0.4 is 10.6 Å². The van der Waals surface area contributed by atoms with E-state index < -0.39 is 0 Å². The summed E-state index contributed by atoms with van der Waals surface area (Å²) in [6.45, 7) is 7.45. The molecule has 0 aromatic heterocycles. The van der Waals surface area contributed by atoms with E-state index in [1.54, 1.807) is 0 Å². The van der Waals surface area contributed by atoms with Gasteiger partial charge in [0.05, 0.1) is 12.1 Å². The molecule has 2 N–H and O–H groups in total. The Morgan fingerprint density at radius 2 is 2.05 bits per heavy atom. The number of nitrogens with two attached hydrogens (primary N) is 1. The van der Waals surface area contributed by atoms with E-state index in [9.17, 15) is 0 Å². The molecule has 1 unspecified atom stereocenters. The van der Waals surface area contributed by atoms with Gasteiger partial charge in [0, 0.05) is 5.69 Å². The van der Waals surface area contributed by atoms with Gasteiger partial charge in [-0.25, -0.2) is 0 Å². The van der Waals surface area contributed by atoms with Crippen LogP contribution >= 0.6 is 0 Å². The molecule has 0 amide bonds. The Labute approximate surface area is 116 Å². The van der Waals surface area contributed by atoms with Crippen molar-refractivity contribution in [3.05, 3.63) is 29.8 Å². The standard InChI is InChI=1S/C16H25N3/c1-4-5-8-11-16(3)12-18-15(17)19(16)14-10-7-6-9-13(14)2/h6-7,9-10H,4-5,8,11-12H2,1-3H3,(H2,17,18). The van der Waals surface area contributed by atoms with Crippen molar-refractivity contribution in [2.75, 3.05) is 11.4 Å². The van der Waals surface area contributed by atoms with Gasteiger partial charge in [0.15, 0.2) is 5.96 Å². The Morgan fingerprint density at radius 1 is 1.32 bits per heavy atom. The SMILES string of the molecule is CCCCCC1(C)CN=C(N)N1c1ccccc1C. The van der Waals surface area contributed by atoms with Crippen molar-refractivity contribution in [1.29, 1.82) is 0 Å². The zero-order valence-corrected chi connectivity index (χ0v) is 12.3. The van der Waals surface area contributed by atoms with E-state index in [0.29, 0.717) is 5.96 Å². The molecule has 19 heavy (non-hydrogen) atoms. The molecule has 1 aromatic rings. The summed E-state index contributed by atoms with van der Waals surface area (Å²) in [4.78, 5) is 6.72. The Bertz CT molecular complexity index is 467. The molecule has 1 atom stereocenters. The van der Waals surface area contributed by atoms with Gasteiger partial charge < -0.3 is 10.6 Å². The Kier molecular flexibility index (Phi) is 4.13. The lowest BCUT2D eigenvalue weighted by Crippen LogP contribution is -2.50. The monoisotopic (exact) mass is 259 g/mol. The number of hydrogen-bond acceptors (Lipinski definition) is 3. The fraction of sp³-hybridized carbons (Fsp3) is 0.562. The van der Waals surface area contributed by atoms with Gasteiger partial charge in [0.2, 0.25) is 0 Å². The first-order chi connectivity index (χ1) is 9.08. The quantitative estimate of drug-likeness (QED) is 0.823. The lowest BCUT2D eigenvalue weighted by atomic mass is 9.92. The third kappa shape index (κ3) is 2.75. The summed E-state index contributed by atoms with van der Waals surface area (Å²) in [6.07, 6.45) is 4.89. The molecule has 1 aliphatic rings. The van der Waals surface area contributed by atoms with Gasteiger partial charge in [-0.15, -0.1) is 0 Å². The highest BCUT2D eigenvalue weighted by molar-refractivity contribution is 5.98. The zero-order valence-electron chi connectivity index (χ0n) is 12.3. The Hall–Kier alpha value is -1.51. The van der Waals surface area contributed by atoms with Crippen LogP contribution in [0.4, 0.5) is 5.69 Å². The van der Waals surface area contributed by atoms with Crippen LogP contribution in [0.25, 0.3) is 0 Å². The molecule has 0 aliphatic carbocycles. The van der Waals surface area contributed by atoms with Crippen molar-refractivity contribution in [3.8, 4) is 0 Å². The summed E-state index contributed by atoms with van der Waals surface area (Å²) in [5.74, 6) is 0.660. The number of aryl methyl sites for hydroxylation is 1. The first-order valence-corrected chi connectivity index (χ1v) is 7.24. The molecule has 1 aromatic carbocycles. The molecule has 0 fully saturated rings. The summed E-state index contributed by atoms with van der Waals surface area (Å²) in [6, 6.07) is 8.41. The van der Waals surface area contributed by atoms with Crippen molar-refractivity contribution in [2.45, 2.75) is 52.0 Å². The minimum absolute atomic E-state index is 0.0331. The van der Waals surface area contributed by atoms with Gasteiger partial charge in [-0.3, -0.25) is 4.99 Å². The van der Waals surface area contributed by atoms with Gasteiger partial charge in [-0.05, 0) is 31.9 Å². The molecule has 0 bridgehead atoms. The molecule has 1 aliphatic heterocycles. The van der Waals surface area contributed by atoms with Crippen LogP contribution in [0, 0.1) is 6.92 Å². The molecular formula is C16H25N3. The molecule has 2 rings (SSSR count). The summed E-state index contributed by atoms with van der Waals surface area (Å²) < 4.78 is 0. The molecule has 0 spiro atoms. The number of anilines is 1. The summed E-state index contributed by atoms with van der Waals surface area (Å²) in [5, 5.41) is 0. The van der Waals surface area contributed by atoms with E-state index in [-0.39, 0.29) is 5.54 Å². The fourth-order valence-corrected chi connectivity index (χ4v) is 2.84. The highest BCUT2D eigenvalue weighted by atomic mass is 15.4. The maximum absolute atomic E-state index is 6.14. The van der Waals surface area contributed by atoms with Crippen LogP contribution in [0.15, 0.2) is 29.3 Å². The second-order valence-electron chi connectivity index (χ2n) is 5.75. The predicted octanol–water partition coefficient (Wildman–Crippen LogP) is 3.47. The highest BCUT2D eigenvalue weighted by Crippen LogP contribution is 2.34. The molecular weight excluding hydrogens is 234 g/mol. The van der Waals surface area contributed by atoms with E-state index in [0.717, 1.165) is 13.0 Å². The maximum atomic E-state index is 6.14. The van der Waals surface area contributed by atoms with Crippen LogP contribution in [0.2, 0.25) is 0 Å². The number of nitrogens with zero attached hydrogens (tertiary/aromatic N) is 2. The van der Waals surface area contributed by atoms with E-state index in [4.69, 9.17) is 5.73 Å². The second kappa shape index (κ2) is 5.64. The number of aliphatic imine (C=N–C) groups is 1. The molecule has 0 saturated heterocycles. The van der Waals surface area contributed by atoms with Gasteiger partial charge >= 0.3 is 0 Å². The minimum Gasteiger partial charge on any atom is -0.369 e. The first-order valence-electron chi connectivity index (χ1n) is 7.24. The normalized spacial score (nSPS) is 22.7. The Morgan fingerprint density at radius 3 is 2.74 bits per heavy atom. The maximum Gasteiger partial charge on any atom is 0.196 e. The van der Waals surface area contributed by atoms with Crippen LogP contribution in [-0.2, 0) is 0 Å². The van der Waals surface area contributed by atoms with Crippen molar-refractivity contribution in [1.82, 2.24) is 0 Å². The topological polar surface area (TPSA) is 41.6 Å². The number of rotatable bonds is 5. The van der Waals surface area contributed by atoms with Crippen LogP contribution in [-0.4, -0.2) is 18.0 Å². The second-order valence-corrected chi connectivity index (χ2v) is 5.75. The lowest BCUT2D eigenvalue weighted by molar-refractivity contribution is 0.438. The summed E-state index contributed by atoms with van der Waals surface area (Å²) >= 11 is 0. The third-order valence-electron chi connectivity index (χ3n) is 4.03. The molecule has 3 heteroatoms. The lowest BCUT2D eigenvalue weighted by Gasteiger charge is -2.37. The van der Waals surface area contributed by atoms with Crippen LogP contribution in [0.1, 0.15) is 45.1 Å². The average Bonchev–Trinajstić information content (AvgIpc) is 2.67. The molecule has 1 heterocycles. The van der Waals surface area contributed by atoms with E-state index in [1.165, 1.54) is 30.5 Å². The first kappa shape index (κ1) is 13.9. The number of benzene rings is 1. The molecule has 104 valence electrons. The van der Waals surface area contributed by atoms with E-state index in [2.05, 4.69) is 54.9 Å². The zero-order chi connectivity index (χ0) is 13.9. The van der Waals surface area contributed by atoms with Gasteiger partial charge in [0.1, 0.15) is 0 Å². The molecule has 0 radical (unpaired) electrons. The summed E-state index contributed by atoms with van der Waals surface area (Å²) in [7, 11) is 0. The minimum atomic E-state index is 0.0331. The third-order valence-corrected chi connectivity index (χ3v) is 4.03.